The van der Waals surface area contributed by atoms with E-state index in [0.717, 1.165) is 18.7 Å². The predicted molar refractivity (Wildman–Crippen MR) is 93.3 cm³/mol. The number of benzene rings is 1. The highest BCUT2D eigenvalue weighted by atomic mass is 32.2. The summed E-state index contributed by atoms with van der Waals surface area (Å²) >= 11 is 1.83. The summed E-state index contributed by atoms with van der Waals surface area (Å²) in [6, 6.07) is 10.3. The zero-order chi connectivity index (χ0) is 15.8. The van der Waals surface area contributed by atoms with Gasteiger partial charge < -0.3 is 10.6 Å². The summed E-state index contributed by atoms with van der Waals surface area (Å²) in [4.78, 5) is 5.43. The van der Waals surface area contributed by atoms with E-state index < -0.39 is 9.84 Å². The van der Waals surface area contributed by atoms with E-state index >= 15 is 0 Å². The minimum atomic E-state index is -2.86. The fourth-order valence-electron chi connectivity index (χ4n) is 2.28. The normalized spacial score (nSPS) is 20.8. The summed E-state index contributed by atoms with van der Waals surface area (Å²) in [5.41, 5.74) is 0. The number of aliphatic imine (C=N–C) groups is 1. The van der Waals surface area contributed by atoms with Gasteiger partial charge in [-0.1, -0.05) is 18.2 Å². The molecule has 22 heavy (non-hydrogen) atoms. The summed E-state index contributed by atoms with van der Waals surface area (Å²) in [6.07, 6.45) is 1.68. The summed E-state index contributed by atoms with van der Waals surface area (Å²) in [6.45, 7) is 0.818. The van der Waals surface area contributed by atoms with Crippen molar-refractivity contribution in [3.63, 3.8) is 0 Å². The van der Waals surface area contributed by atoms with Gasteiger partial charge in [-0.15, -0.1) is 11.8 Å². The minimum absolute atomic E-state index is 0.0186. The molecular formula is C15H23N3O2S2. The van der Waals surface area contributed by atoms with E-state index in [-0.39, 0.29) is 17.5 Å². The minimum Gasteiger partial charge on any atom is -0.356 e. The molecule has 0 spiro atoms. The SMILES string of the molecule is CN=C(NCCCSc1ccccc1)NC1CCS(=O)(=O)C1. The molecule has 0 radical (unpaired) electrons. The zero-order valence-electron chi connectivity index (χ0n) is 12.8. The Kier molecular flexibility index (Phi) is 6.57. The second kappa shape index (κ2) is 8.43. The predicted octanol–water partition coefficient (Wildman–Crippen LogP) is 1.52. The topological polar surface area (TPSA) is 70.6 Å². The Hall–Kier alpha value is -1.21. The second-order valence-electron chi connectivity index (χ2n) is 5.26. The highest BCUT2D eigenvalue weighted by Gasteiger charge is 2.28. The monoisotopic (exact) mass is 341 g/mol. The fraction of sp³-hybridized carbons (Fsp3) is 0.533. The van der Waals surface area contributed by atoms with Crippen LogP contribution in [0, 0.1) is 0 Å². The zero-order valence-corrected chi connectivity index (χ0v) is 14.4. The first-order chi connectivity index (χ1) is 10.6. The highest BCUT2D eigenvalue weighted by molar-refractivity contribution is 7.99. The number of rotatable bonds is 6. The molecule has 0 bridgehead atoms. The summed E-state index contributed by atoms with van der Waals surface area (Å²) in [7, 11) is -1.15. The lowest BCUT2D eigenvalue weighted by molar-refractivity contribution is 0.599. The number of hydrogen-bond acceptors (Lipinski definition) is 4. The van der Waals surface area contributed by atoms with E-state index in [9.17, 15) is 8.42 Å². The van der Waals surface area contributed by atoms with Gasteiger partial charge in [-0.25, -0.2) is 8.42 Å². The van der Waals surface area contributed by atoms with Crippen molar-refractivity contribution >= 4 is 27.6 Å². The lowest BCUT2D eigenvalue weighted by Gasteiger charge is -2.15. The van der Waals surface area contributed by atoms with Crippen molar-refractivity contribution in [2.75, 3.05) is 30.9 Å². The fourth-order valence-corrected chi connectivity index (χ4v) is 4.83. The Morgan fingerprint density at radius 3 is 2.77 bits per heavy atom. The van der Waals surface area contributed by atoms with Gasteiger partial charge in [0, 0.05) is 24.5 Å². The van der Waals surface area contributed by atoms with Crippen LogP contribution in [0.3, 0.4) is 0 Å². The Bertz CT molecular complexity index is 588. The molecule has 1 aromatic rings. The first-order valence-corrected chi connectivity index (χ1v) is 10.3. The van der Waals surface area contributed by atoms with Crippen LogP contribution in [0.15, 0.2) is 40.2 Å². The molecule has 0 aliphatic carbocycles. The van der Waals surface area contributed by atoms with E-state index in [0.29, 0.717) is 12.4 Å². The number of guanidine groups is 1. The van der Waals surface area contributed by atoms with Crippen LogP contribution >= 0.6 is 11.8 Å². The van der Waals surface area contributed by atoms with Crippen molar-refractivity contribution < 1.29 is 8.42 Å². The number of sulfone groups is 1. The van der Waals surface area contributed by atoms with Crippen LogP contribution in [0.1, 0.15) is 12.8 Å². The Morgan fingerprint density at radius 1 is 1.36 bits per heavy atom. The number of thioether (sulfide) groups is 1. The van der Waals surface area contributed by atoms with Crippen molar-refractivity contribution in [1.82, 2.24) is 10.6 Å². The van der Waals surface area contributed by atoms with E-state index in [4.69, 9.17) is 0 Å². The molecule has 7 heteroatoms. The Morgan fingerprint density at radius 2 is 2.14 bits per heavy atom. The van der Waals surface area contributed by atoms with Crippen LogP contribution < -0.4 is 10.6 Å². The Balaban J connectivity index is 1.63. The third-order valence-corrected chi connectivity index (χ3v) is 6.29. The van der Waals surface area contributed by atoms with E-state index in [1.807, 2.05) is 30.0 Å². The van der Waals surface area contributed by atoms with Gasteiger partial charge in [0.15, 0.2) is 15.8 Å². The molecule has 0 saturated carbocycles. The van der Waals surface area contributed by atoms with Gasteiger partial charge in [0.1, 0.15) is 0 Å². The molecule has 0 amide bonds. The van der Waals surface area contributed by atoms with Crippen molar-refractivity contribution in [1.29, 1.82) is 0 Å². The van der Waals surface area contributed by atoms with Crippen molar-refractivity contribution in [2.45, 2.75) is 23.8 Å². The first kappa shape index (κ1) is 17.1. The number of nitrogens with one attached hydrogen (secondary N) is 2. The molecule has 2 rings (SSSR count). The summed E-state index contributed by atoms with van der Waals surface area (Å²) in [5.74, 6) is 2.20. The molecular weight excluding hydrogens is 318 g/mol. The van der Waals surface area contributed by atoms with Crippen LogP contribution in [0.5, 0.6) is 0 Å². The molecule has 1 aliphatic rings. The van der Waals surface area contributed by atoms with Crippen LogP contribution in [-0.2, 0) is 9.84 Å². The van der Waals surface area contributed by atoms with Crippen LogP contribution in [0.4, 0.5) is 0 Å². The lowest BCUT2D eigenvalue weighted by atomic mass is 10.3. The summed E-state index contributed by atoms with van der Waals surface area (Å²) < 4.78 is 22.9. The number of nitrogens with zero attached hydrogens (tertiary/aromatic N) is 1. The molecule has 1 aromatic carbocycles. The molecule has 0 aromatic heterocycles. The standard InChI is InChI=1S/C15H23N3O2S2/c1-16-15(18-13-8-11-22(19,20)12-13)17-9-5-10-21-14-6-3-2-4-7-14/h2-4,6-7,13H,5,8-12H2,1H3,(H2,16,17,18). The molecule has 122 valence electrons. The van der Waals surface area contributed by atoms with Gasteiger partial charge >= 0.3 is 0 Å². The van der Waals surface area contributed by atoms with E-state index in [1.54, 1.807) is 7.05 Å². The lowest BCUT2D eigenvalue weighted by Crippen LogP contribution is -2.44. The van der Waals surface area contributed by atoms with E-state index in [1.165, 1.54) is 4.90 Å². The van der Waals surface area contributed by atoms with Crippen molar-refractivity contribution in [3.05, 3.63) is 30.3 Å². The van der Waals surface area contributed by atoms with Crippen LogP contribution in [0.25, 0.3) is 0 Å². The molecule has 1 fully saturated rings. The number of hydrogen-bond donors (Lipinski definition) is 2. The quantitative estimate of drug-likeness (QED) is 0.355. The third kappa shape index (κ3) is 5.88. The van der Waals surface area contributed by atoms with Crippen molar-refractivity contribution in [3.8, 4) is 0 Å². The van der Waals surface area contributed by atoms with Gasteiger partial charge in [-0.05, 0) is 30.7 Å². The van der Waals surface area contributed by atoms with Crippen LogP contribution in [-0.4, -0.2) is 51.3 Å². The second-order valence-corrected chi connectivity index (χ2v) is 8.66. The average Bonchev–Trinajstić information content (AvgIpc) is 2.85. The molecule has 2 N–H and O–H groups in total. The maximum atomic E-state index is 11.4. The van der Waals surface area contributed by atoms with Gasteiger partial charge in [0.05, 0.1) is 11.5 Å². The maximum absolute atomic E-state index is 11.4. The molecule has 1 atom stereocenters. The smallest absolute Gasteiger partial charge is 0.191 e. The van der Waals surface area contributed by atoms with Gasteiger partial charge in [-0.2, -0.15) is 0 Å². The van der Waals surface area contributed by atoms with Gasteiger partial charge in [0.25, 0.3) is 0 Å². The molecule has 5 nitrogen and oxygen atoms in total. The summed E-state index contributed by atoms with van der Waals surface area (Å²) in [5, 5.41) is 6.42. The molecule has 1 unspecified atom stereocenters. The molecule has 1 aliphatic heterocycles. The largest absolute Gasteiger partial charge is 0.356 e. The highest BCUT2D eigenvalue weighted by Crippen LogP contribution is 2.17. The molecule has 1 saturated heterocycles. The van der Waals surface area contributed by atoms with Gasteiger partial charge in [-0.3, -0.25) is 4.99 Å². The maximum Gasteiger partial charge on any atom is 0.191 e. The Labute approximate surface area is 136 Å². The van der Waals surface area contributed by atoms with Crippen molar-refractivity contribution in [2.24, 2.45) is 4.99 Å². The van der Waals surface area contributed by atoms with Gasteiger partial charge in [0.2, 0.25) is 0 Å². The van der Waals surface area contributed by atoms with Crippen LogP contribution in [0.2, 0.25) is 0 Å². The third-order valence-electron chi connectivity index (χ3n) is 3.42. The average molecular weight is 342 g/mol. The first-order valence-electron chi connectivity index (χ1n) is 7.44. The molecule has 1 heterocycles. The van der Waals surface area contributed by atoms with E-state index in [2.05, 4.69) is 27.8 Å².